The summed E-state index contributed by atoms with van der Waals surface area (Å²) in [5.41, 5.74) is 2.88. The zero-order chi connectivity index (χ0) is 48.2. The van der Waals surface area contributed by atoms with Gasteiger partial charge in [-0.25, -0.2) is 4.79 Å². The van der Waals surface area contributed by atoms with Crippen molar-refractivity contribution in [3.63, 3.8) is 0 Å². The van der Waals surface area contributed by atoms with Crippen LogP contribution in [0.15, 0.2) is 121 Å². The summed E-state index contributed by atoms with van der Waals surface area (Å²) in [6.07, 6.45) is -0.672. The summed E-state index contributed by atoms with van der Waals surface area (Å²) < 4.78 is 11.5. The highest BCUT2D eigenvalue weighted by Crippen LogP contribution is 2.38. The van der Waals surface area contributed by atoms with Gasteiger partial charge in [-0.1, -0.05) is 169 Å². The van der Waals surface area contributed by atoms with Crippen molar-refractivity contribution in [2.45, 2.75) is 116 Å². The number of benzene rings is 4. The molecule has 0 radical (unpaired) electrons. The van der Waals surface area contributed by atoms with Crippen LogP contribution in [0, 0.1) is 17.8 Å². The third-order valence-electron chi connectivity index (χ3n) is 11.8. The number of nitrogens with one attached hydrogen (secondary N) is 5. The summed E-state index contributed by atoms with van der Waals surface area (Å²) in [7, 11) is 1.63. The van der Waals surface area contributed by atoms with Crippen molar-refractivity contribution in [2.75, 3.05) is 13.6 Å². The van der Waals surface area contributed by atoms with Gasteiger partial charge in [0.2, 0.25) is 23.6 Å². The Kier molecular flexibility index (Phi) is 20.6. The molecule has 4 amide bonds. The van der Waals surface area contributed by atoms with Gasteiger partial charge in [-0.3, -0.25) is 24.0 Å². The van der Waals surface area contributed by atoms with Crippen LogP contribution in [0.5, 0.6) is 0 Å². The van der Waals surface area contributed by atoms with Gasteiger partial charge in [0.05, 0.1) is 5.41 Å². The Morgan fingerprint density at radius 3 is 1.56 bits per heavy atom. The van der Waals surface area contributed by atoms with E-state index in [0.717, 1.165) is 22.3 Å². The predicted octanol–water partition coefficient (Wildman–Crippen LogP) is 6.38. The first kappa shape index (κ1) is 52.3. The lowest BCUT2D eigenvalue weighted by atomic mass is 9.69. The standard InChI is InChI=1S/C53H69N5O8/c1-9-37(6)46(54-8)52(64)66-38(7)47(50(62)57-44(32-35(2)3)51(63)65-33-39-22-14-10-15-23-39)58-49(61)43(56-48(60)36(4)5)30-31-45(59)55-34-53(40-24-16-11-17-25-40,41-26-18-12-19-27-41)42-28-20-13-21-29-42/h10-29,35-38,43-44,46-47,54H,9,30-34H2,1-8H3,(H,55,59)(H,56,60)(H,57,62)(H,58,61)/t37-,38+,43-,44-,46-,47-/m0/s1. The SMILES string of the molecule is CC[C@H](C)[C@H](NC)C(=O)O[C@H](C)[C@H](NC(=O)[C@H](CCC(=O)NCC(c1ccccc1)(c1ccccc1)c1ccccc1)NC(=O)C(C)C)C(=O)N[C@@H](CC(C)C)C(=O)OCc1ccccc1. The smallest absolute Gasteiger partial charge is 0.328 e. The second kappa shape index (κ2) is 26.0. The average Bonchev–Trinajstić information content (AvgIpc) is 3.32. The zero-order valence-electron chi connectivity index (χ0n) is 39.7. The Morgan fingerprint density at radius 2 is 1.09 bits per heavy atom. The summed E-state index contributed by atoms with van der Waals surface area (Å²) >= 11 is 0. The Bertz CT molecular complexity index is 2060. The highest BCUT2D eigenvalue weighted by molar-refractivity contribution is 5.94. The summed E-state index contributed by atoms with van der Waals surface area (Å²) in [5.74, 6) is -4.40. The van der Waals surface area contributed by atoms with E-state index >= 15 is 0 Å². The highest BCUT2D eigenvalue weighted by atomic mass is 16.5. The third-order valence-corrected chi connectivity index (χ3v) is 11.8. The third kappa shape index (κ3) is 14.8. The number of esters is 2. The molecule has 4 aromatic carbocycles. The van der Waals surface area contributed by atoms with Crippen molar-refractivity contribution in [1.82, 2.24) is 26.6 Å². The fraction of sp³-hybridized carbons (Fsp3) is 0.434. The molecule has 5 N–H and O–H groups in total. The fourth-order valence-electron chi connectivity index (χ4n) is 7.80. The van der Waals surface area contributed by atoms with Crippen LogP contribution in [-0.4, -0.2) is 79.4 Å². The van der Waals surface area contributed by atoms with Crippen molar-refractivity contribution < 1.29 is 38.2 Å². The largest absolute Gasteiger partial charge is 0.459 e. The van der Waals surface area contributed by atoms with Crippen molar-refractivity contribution in [2.24, 2.45) is 17.8 Å². The molecule has 0 aromatic heterocycles. The molecule has 4 aromatic rings. The molecular formula is C53H69N5O8. The molecule has 6 atom stereocenters. The molecule has 0 aliphatic heterocycles. The maximum absolute atomic E-state index is 14.4. The molecule has 354 valence electrons. The van der Waals surface area contributed by atoms with E-state index in [1.807, 2.05) is 149 Å². The Morgan fingerprint density at radius 1 is 0.591 bits per heavy atom. The van der Waals surface area contributed by atoms with Crippen LogP contribution in [0.2, 0.25) is 0 Å². The number of amides is 4. The number of likely N-dealkylation sites (N-methyl/N-ethyl adjacent to an activating group) is 1. The summed E-state index contributed by atoms with van der Waals surface area (Å²) in [5, 5.41) is 14.3. The first-order valence-electron chi connectivity index (χ1n) is 23.0. The highest BCUT2D eigenvalue weighted by Gasteiger charge is 2.39. The van der Waals surface area contributed by atoms with E-state index in [4.69, 9.17) is 9.47 Å². The lowest BCUT2D eigenvalue weighted by Gasteiger charge is -2.36. The maximum atomic E-state index is 14.4. The Labute approximate surface area is 390 Å². The Balaban J connectivity index is 1.61. The van der Waals surface area contributed by atoms with Gasteiger partial charge in [-0.2, -0.15) is 0 Å². The van der Waals surface area contributed by atoms with Crippen LogP contribution in [0.4, 0.5) is 0 Å². The van der Waals surface area contributed by atoms with Crippen LogP contribution in [0.25, 0.3) is 0 Å². The van der Waals surface area contributed by atoms with E-state index in [1.54, 1.807) is 20.9 Å². The molecule has 0 saturated heterocycles. The number of carbonyl (C=O) groups excluding carboxylic acids is 6. The first-order chi connectivity index (χ1) is 31.6. The summed E-state index contributed by atoms with van der Waals surface area (Å²) in [6, 6.07) is 34.2. The minimum Gasteiger partial charge on any atom is -0.459 e. The molecule has 0 bridgehead atoms. The van der Waals surface area contributed by atoms with Crippen LogP contribution in [0.3, 0.4) is 0 Å². The second-order valence-corrected chi connectivity index (χ2v) is 17.6. The number of ether oxygens (including phenoxy) is 2. The molecule has 0 fully saturated rings. The van der Waals surface area contributed by atoms with Gasteiger partial charge >= 0.3 is 11.9 Å². The van der Waals surface area contributed by atoms with Gasteiger partial charge in [0.25, 0.3) is 0 Å². The second-order valence-electron chi connectivity index (χ2n) is 17.6. The molecule has 0 aliphatic carbocycles. The number of carbonyl (C=O) groups is 6. The monoisotopic (exact) mass is 904 g/mol. The molecule has 13 heteroatoms. The minimum absolute atomic E-state index is 0.0180. The van der Waals surface area contributed by atoms with Gasteiger partial charge in [-0.05, 0) is 60.9 Å². The molecule has 0 unspecified atom stereocenters. The minimum atomic E-state index is -1.53. The van der Waals surface area contributed by atoms with Crippen molar-refractivity contribution >= 4 is 35.6 Å². The van der Waals surface area contributed by atoms with E-state index in [-0.39, 0.29) is 50.2 Å². The molecule has 0 spiro atoms. The molecule has 0 heterocycles. The first-order valence-corrected chi connectivity index (χ1v) is 23.0. The Hall–Kier alpha value is -6.34. The number of hydrogen-bond donors (Lipinski definition) is 5. The van der Waals surface area contributed by atoms with Crippen molar-refractivity contribution in [1.29, 1.82) is 0 Å². The summed E-state index contributed by atoms with van der Waals surface area (Å²) in [6.45, 7) is 12.6. The number of rotatable bonds is 25. The molecule has 66 heavy (non-hydrogen) atoms. The summed E-state index contributed by atoms with van der Waals surface area (Å²) in [4.78, 5) is 83.0. The van der Waals surface area contributed by atoms with Gasteiger partial charge in [0.1, 0.15) is 36.9 Å². The van der Waals surface area contributed by atoms with E-state index in [2.05, 4.69) is 26.6 Å². The zero-order valence-corrected chi connectivity index (χ0v) is 39.7. The van der Waals surface area contributed by atoms with Crippen molar-refractivity contribution in [3.8, 4) is 0 Å². The van der Waals surface area contributed by atoms with Crippen LogP contribution >= 0.6 is 0 Å². The molecule has 0 saturated carbocycles. The van der Waals surface area contributed by atoms with Gasteiger partial charge in [0.15, 0.2) is 0 Å². The normalized spacial score (nSPS) is 14.2. The molecule has 13 nitrogen and oxygen atoms in total. The van der Waals surface area contributed by atoms with Crippen LogP contribution in [-0.2, 0) is 50.3 Å². The van der Waals surface area contributed by atoms with Crippen LogP contribution < -0.4 is 26.6 Å². The van der Waals surface area contributed by atoms with Crippen molar-refractivity contribution in [3.05, 3.63) is 144 Å². The van der Waals surface area contributed by atoms with Gasteiger partial charge < -0.3 is 36.1 Å². The van der Waals surface area contributed by atoms with Gasteiger partial charge in [0, 0.05) is 18.9 Å². The van der Waals surface area contributed by atoms with E-state index in [9.17, 15) is 28.8 Å². The quantitative estimate of drug-likeness (QED) is 0.0373. The fourth-order valence-corrected chi connectivity index (χ4v) is 7.80. The van der Waals surface area contributed by atoms with Crippen LogP contribution in [0.1, 0.15) is 96.4 Å². The maximum Gasteiger partial charge on any atom is 0.328 e. The lowest BCUT2D eigenvalue weighted by molar-refractivity contribution is -0.157. The van der Waals surface area contributed by atoms with Gasteiger partial charge in [-0.15, -0.1) is 0 Å². The van der Waals surface area contributed by atoms with E-state index in [0.29, 0.717) is 6.42 Å². The lowest BCUT2D eigenvalue weighted by Crippen LogP contribution is -2.60. The van der Waals surface area contributed by atoms with E-state index < -0.39 is 71.3 Å². The molecular weight excluding hydrogens is 835 g/mol. The average molecular weight is 904 g/mol. The predicted molar refractivity (Wildman–Crippen MR) is 256 cm³/mol. The number of hydrogen-bond acceptors (Lipinski definition) is 9. The molecule has 4 rings (SSSR count). The molecule has 0 aliphatic rings. The topological polar surface area (TPSA) is 181 Å². The van der Waals surface area contributed by atoms with E-state index in [1.165, 1.54) is 6.92 Å².